The molecular weight excluding hydrogens is 298 g/mol. The Balaban J connectivity index is 1.95. The van der Waals surface area contributed by atoms with Crippen molar-refractivity contribution in [3.05, 3.63) is 53.6 Å². The summed E-state index contributed by atoms with van der Waals surface area (Å²) >= 11 is 7.72. The standard InChI is InChI=1S/C14H14ClNOS2/c15-12-7-4-8-13(16)14(12)19(17)10-9-18-11-5-2-1-3-6-11/h1-8H,9-10,16H2. The zero-order valence-electron chi connectivity index (χ0n) is 10.2. The van der Waals surface area contributed by atoms with Crippen LogP contribution in [0.4, 0.5) is 5.69 Å². The summed E-state index contributed by atoms with van der Waals surface area (Å²) in [5, 5.41) is 0.475. The van der Waals surface area contributed by atoms with Gasteiger partial charge in [-0.1, -0.05) is 35.9 Å². The van der Waals surface area contributed by atoms with Crippen molar-refractivity contribution in [1.29, 1.82) is 0 Å². The van der Waals surface area contributed by atoms with Crippen molar-refractivity contribution >= 4 is 39.8 Å². The lowest BCUT2D eigenvalue weighted by Gasteiger charge is -2.07. The largest absolute Gasteiger partial charge is 0.398 e. The molecular formula is C14H14ClNOS2. The molecule has 0 bridgehead atoms. The minimum atomic E-state index is -1.16. The van der Waals surface area contributed by atoms with E-state index in [1.165, 1.54) is 4.90 Å². The van der Waals surface area contributed by atoms with Crippen LogP contribution >= 0.6 is 23.4 Å². The molecule has 0 heterocycles. The third kappa shape index (κ3) is 4.00. The quantitative estimate of drug-likeness (QED) is 0.674. The van der Waals surface area contributed by atoms with Crippen molar-refractivity contribution in [3.8, 4) is 0 Å². The Morgan fingerprint density at radius 2 is 1.84 bits per heavy atom. The summed E-state index contributed by atoms with van der Waals surface area (Å²) in [6, 6.07) is 15.2. The molecule has 2 N–H and O–H groups in total. The molecule has 0 saturated heterocycles. The molecule has 2 nitrogen and oxygen atoms in total. The average molecular weight is 312 g/mol. The van der Waals surface area contributed by atoms with Crippen molar-refractivity contribution in [2.24, 2.45) is 0 Å². The van der Waals surface area contributed by atoms with Crippen LogP contribution < -0.4 is 5.73 Å². The summed E-state index contributed by atoms with van der Waals surface area (Å²) < 4.78 is 12.2. The molecule has 1 unspecified atom stereocenters. The summed E-state index contributed by atoms with van der Waals surface area (Å²) in [4.78, 5) is 1.73. The van der Waals surface area contributed by atoms with E-state index in [0.717, 1.165) is 5.75 Å². The second-order valence-corrected chi connectivity index (χ2v) is 6.95. The van der Waals surface area contributed by atoms with Crippen LogP contribution in [0.25, 0.3) is 0 Å². The highest BCUT2D eigenvalue weighted by Crippen LogP contribution is 2.26. The highest BCUT2D eigenvalue weighted by molar-refractivity contribution is 8.00. The van der Waals surface area contributed by atoms with Crippen LogP contribution in [0.15, 0.2) is 58.3 Å². The maximum Gasteiger partial charge on any atom is 0.0803 e. The van der Waals surface area contributed by atoms with Gasteiger partial charge in [-0.05, 0) is 24.3 Å². The van der Waals surface area contributed by atoms with Gasteiger partial charge < -0.3 is 5.73 Å². The fourth-order valence-corrected chi connectivity index (χ4v) is 4.40. The smallest absolute Gasteiger partial charge is 0.0803 e. The monoisotopic (exact) mass is 311 g/mol. The van der Waals surface area contributed by atoms with Gasteiger partial charge >= 0.3 is 0 Å². The van der Waals surface area contributed by atoms with Crippen molar-refractivity contribution in [1.82, 2.24) is 0 Å². The zero-order valence-corrected chi connectivity index (χ0v) is 12.6. The van der Waals surface area contributed by atoms with Gasteiger partial charge in [0.2, 0.25) is 0 Å². The number of anilines is 1. The van der Waals surface area contributed by atoms with Crippen molar-refractivity contribution in [2.75, 3.05) is 17.2 Å². The molecule has 5 heteroatoms. The first-order valence-electron chi connectivity index (χ1n) is 5.78. The van der Waals surface area contributed by atoms with Gasteiger partial charge in [-0.3, -0.25) is 4.21 Å². The fourth-order valence-electron chi connectivity index (χ4n) is 1.62. The van der Waals surface area contributed by atoms with Gasteiger partial charge in [0.1, 0.15) is 0 Å². The summed E-state index contributed by atoms with van der Waals surface area (Å²) in [5.41, 5.74) is 6.32. The van der Waals surface area contributed by atoms with E-state index in [9.17, 15) is 4.21 Å². The molecule has 0 radical (unpaired) electrons. The van der Waals surface area contributed by atoms with Crippen LogP contribution in [0.5, 0.6) is 0 Å². The van der Waals surface area contributed by atoms with E-state index in [4.69, 9.17) is 17.3 Å². The Labute approximate surface area is 124 Å². The van der Waals surface area contributed by atoms with Crippen molar-refractivity contribution in [2.45, 2.75) is 9.79 Å². The van der Waals surface area contributed by atoms with E-state index < -0.39 is 10.8 Å². The Morgan fingerprint density at radius 3 is 2.53 bits per heavy atom. The number of benzene rings is 2. The molecule has 0 aliphatic carbocycles. The SMILES string of the molecule is Nc1cccc(Cl)c1S(=O)CCSc1ccccc1. The number of halogens is 1. The number of nitrogen functional groups attached to an aromatic ring is 1. The van der Waals surface area contributed by atoms with E-state index >= 15 is 0 Å². The molecule has 0 fully saturated rings. The molecule has 0 aliphatic rings. The van der Waals surface area contributed by atoms with Crippen LogP contribution in [0.1, 0.15) is 0 Å². The van der Waals surface area contributed by atoms with Gasteiger partial charge in [0, 0.05) is 22.1 Å². The summed E-state index contributed by atoms with van der Waals surface area (Å²) in [6.07, 6.45) is 0. The Hall–Kier alpha value is -0.970. The van der Waals surface area contributed by atoms with Gasteiger partial charge in [0.15, 0.2) is 0 Å². The van der Waals surface area contributed by atoms with Crippen LogP contribution in [-0.2, 0) is 10.8 Å². The molecule has 0 spiro atoms. The second-order valence-electron chi connectivity index (χ2n) is 3.87. The zero-order chi connectivity index (χ0) is 13.7. The molecule has 1 atom stereocenters. The van der Waals surface area contributed by atoms with Crippen LogP contribution in [0, 0.1) is 0 Å². The molecule has 19 heavy (non-hydrogen) atoms. The third-order valence-electron chi connectivity index (χ3n) is 2.51. The maximum atomic E-state index is 12.2. The lowest BCUT2D eigenvalue weighted by atomic mass is 10.3. The Morgan fingerprint density at radius 1 is 1.11 bits per heavy atom. The topological polar surface area (TPSA) is 43.1 Å². The summed E-state index contributed by atoms with van der Waals surface area (Å²) in [7, 11) is -1.16. The lowest BCUT2D eigenvalue weighted by Crippen LogP contribution is -2.04. The van der Waals surface area contributed by atoms with Gasteiger partial charge in [0.25, 0.3) is 0 Å². The van der Waals surface area contributed by atoms with E-state index in [1.807, 2.05) is 30.3 Å². The fraction of sp³-hybridized carbons (Fsp3) is 0.143. The predicted octanol–water partition coefficient (Wildman–Crippen LogP) is 3.82. The van der Waals surface area contributed by atoms with E-state index in [-0.39, 0.29) is 0 Å². The van der Waals surface area contributed by atoms with Gasteiger partial charge in [0.05, 0.1) is 20.7 Å². The first-order chi connectivity index (χ1) is 9.18. The molecule has 0 aromatic heterocycles. The number of nitrogens with two attached hydrogens (primary N) is 1. The third-order valence-corrected chi connectivity index (χ3v) is 5.69. The molecule has 2 rings (SSSR count). The van der Waals surface area contributed by atoms with Crippen LogP contribution in [-0.4, -0.2) is 15.7 Å². The maximum absolute atomic E-state index is 12.2. The molecule has 2 aromatic rings. The van der Waals surface area contributed by atoms with Gasteiger partial charge in [-0.15, -0.1) is 11.8 Å². The molecule has 0 amide bonds. The average Bonchev–Trinajstić information content (AvgIpc) is 2.40. The molecule has 2 aromatic carbocycles. The van der Waals surface area contributed by atoms with Crippen molar-refractivity contribution < 1.29 is 4.21 Å². The highest BCUT2D eigenvalue weighted by atomic mass is 35.5. The highest BCUT2D eigenvalue weighted by Gasteiger charge is 2.12. The Kier molecular flexibility index (Phi) is 5.31. The normalized spacial score (nSPS) is 12.3. The number of hydrogen-bond donors (Lipinski definition) is 1. The van der Waals surface area contributed by atoms with E-state index in [0.29, 0.717) is 21.4 Å². The van der Waals surface area contributed by atoms with E-state index in [1.54, 1.807) is 30.0 Å². The number of hydrogen-bond acceptors (Lipinski definition) is 3. The lowest BCUT2D eigenvalue weighted by molar-refractivity contribution is 0.684. The molecule has 100 valence electrons. The van der Waals surface area contributed by atoms with Crippen LogP contribution in [0.2, 0.25) is 5.02 Å². The minimum absolute atomic E-state index is 0.475. The molecule has 0 aliphatic heterocycles. The number of rotatable bonds is 5. The van der Waals surface area contributed by atoms with Crippen LogP contribution in [0.3, 0.4) is 0 Å². The minimum Gasteiger partial charge on any atom is -0.398 e. The predicted molar refractivity (Wildman–Crippen MR) is 84.3 cm³/mol. The van der Waals surface area contributed by atoms with Crippen molar-refractivity contribution in [3.63, 3.8) is 0 Å². The number of thioether (sulfide) groups is 1. The van der Waals surface area contributed by atoms with Gasteiger partial charge in [-0.25, -0.2) is 0 Å². The summed E-state index contributed by atoms with van der Waals surface area (Å²) in [5.74, 6) is 1.30. The van der Waals surface area contributed by atoms with E-state index in [2.05, 4.69) is 0 Å². The Bertz CT molecular complexity index is 555. The first kappa shape index (κ1) is 14.4. The first-order valence-corrected chi connectivity index (χ1v) is 8.47. The molecule has 0 saturated carbocycles. The summed E-state index contributed by atoms with van der Waals surface area (Å²) in [6.45, 7) is 0. The van der Waals surface area contributed by atoms with Gasteiger partial charge in [-0.2, -0.15) is 0 Å². The second kappa shape index (κ2) is 6.98.